The van der Waals surface area contributed by atoms with Crippen molar-refractivity contribution < 1.29 is 0 Å². The fourth-order valence-corrected chi connectivity index (χ4v) is 5.24. The second kappa shape index (κ2) is 6.62. The fourth-order valence-electron chi connectivity index (χ4n) is 3.98. The molecule has 2 aliphatic rings. The third-order valence-electron chi connectivity index (χ3n) is 5.29. The van der Waals surface area contributed by atoms with Gasteiger partial charge >= 0.3 is 0 Å². The first-order valence-corrected chi connectivity index (χ1v) is 9.45. The molecule has 1 N–H and O–H groups in total. The number of rotatable bonds is 4. The summed E-state index contributed by atoms with van der Waals surface area (Å²) in [5, 5.41) is 3.92. The smallest absolute Gasteiger partial charge is 0.0388 e. The van der Waals surface area contributed by atoms with Crippen LogP contribution >= 0.6 is 11.3 Å². The Kier molecular flexibility index (Phi) is 4.83. The minimum Gasteiger partial charge on any atom is -0.307 e. The number of hydrogen-bond donors (Lipinski definition) is 1. The van der Waals surface area contributed by atoms with E-state index in [2.05, 4.69) is 36.6 Å². The number of aryl methyl sites for hydroxylation is 2. The van der Waals surface area contributed by atoms with Crippen LogP contribution in [0, 0.1) is 5.92 Å². The largest absolute Gasteiger partial charge is 0.307 e. The van der Waals surface area contributed by atoms with E-state index in [9.17, 15) is 0 Å². The Morgan fingerprint density at radius 1 is 1.25 bits per heavy atom. The van der Waals surface area contributed by atoms with Crippen LogP contribution in [0.2, 0.25) is 0 Å². The average Bonchev–Trinajstić information content (AvgIpc) is 2.91. The van der Waals surface area contributed by atoms with E-state index in [4.69, 9.17) is 0 Å². The molecule has 2 heteroatoms. The van der Waals surface area contributed by atoms with E-state index in [0.29, 0.717) is 6.04 Å². The van der Waals surface area contributed by atoms with Crippen LogP contribution in [0.1, 0.15) is 80.2 Å². The Morgan fingerprint density at radius 2 is 2.10 bits per heavy atom. The van der Waals surface area contributed by atoms with Crippen LogP contribution in [0.15, 0.2) is 6.07 Å². The molecule has 0 radical (unpaired) electrons. The molecule has 3 unspecified atom stereocenters. The van der Waals surface area contributed by atoms with Crippen LogP contribution in [0.5, 0.6) is 0 Å². The van der Waals surface area contributed by atoms with Gasteiger partial charge in [-0.2, -0.15) is 0 Å². The lowest BCUT2D eigenvalue weighted by atomic mass is 9.84. The molecule has 1 nitrogen and oxygen atoms in total. The summed E-state index contributed by atoms with van der Waals surface area (Å²) in [5.41, 5.74) is 1.65. The maximum absolute atomic E-state index is 3.92. The summed E-state index contributed by atoms with van der Waals surface area (Å²) in [7, 11) is 0. The van der Waals surface area contributed by atoms with E-state index in [1.807, 2.05) is 0 Å². The molecule has 1 fully saturated rings. The van der Waals surface area contributed by atoms with Gasteiger partial charge in [0.15, 0.2) is 0 Å². The minimum absolute atomic E-state index is 0.547. The molecule has 0 aromatic carbocycles. The highest BCUT2D eigenvalue weighted by molar-refractivity contribution is 7.12. The highest BCUT2D eigenvalue weighted by atomic mass is 32.1. The number of hydrogen-bond acceptors (Lipinski definition) is 2. The van der Waals surface area contributed by atoms with Crippen molar-refractivity contribution in [2.75, 3.05) is 0 Å². The summed E-state index contributed by atoms with van der Waals surface area (Å²) in [4.78, 5) is 3.26. The fraction of sp³-hybridized carbons (Fsp3) is 0.778. The Morgan fingerprint density at radius 3 is 2.90 bits per heavy atom. The van der Waals surface area contributed by atoms with Crippen LogP contribution < -0.4 is 5.32 Å². The lowest BCUT2D eigenvalue weighted by Gasteiger charge is -2.31. The molecule has 2 aliphatic carbocycles. The number of thiophene rings is 1. The molecule has 1 aromatic heterocycles. The van der Waals surface area contributed by atoms with E-state index in [1.165, 1.54) is 57.8 Å². The molecule has 1 aromatic rings. The third-order valence-corrected chi connectivity index (χ3v) is 6.71. The van der Waals surface area contributed by atoms with Gasteiger partial charge in [0.05, 0.1) is 0 Å². The van der Waals surface area contributed by atoms with Crippen LogP contribution in [-0.2, 0) is 12.8 Å². The molecule has 1 saturated carbocycles. The molecular formula is C18H29NS. The zero-order valence-corrected chi connectivity index (χ0v) is 13.9. The van der Waals surface area contributed by atoms with Gasteiger partial charge in [-0.05, 0) is 63.0 Å². The Hall–Kier alpha value is -0.340. The maximum atomic E-state index is 3.92. The molecule has 112 valence electrons. The van der Waals surface area contributed by atoms with E-state index in [0.717, 1.165) is 12.0 Å². The minimum atomic E-state index is 0.547. The number of nitrogens with one attached hydrogen (secondary N) is 1. The van der Waals surface area contributed by atoms with Gasteiger partial charge in [-0.15, -0.1) is 11.3 Å². The topological polar surface area (TPSA) is 12.0 Å². The van der Waals surface area contributed by atoms with Crippen LogP contribution in [0.4, 0.5) is 0 Å². The van der Waals surface area contributed by atoms with Gasteiger partial charge in [-0.3, -0.25) is 0 Å². The predicted octanol–water partition coefficient (Wildman–Crippen LogP) is 5.25. The molecule has 20 heavy (non-hydrogen) atoms. The Labute approximate surface area is 128 Å². The van der Waals surface area contributed by atoms with Crippen molar-refractivity contribution in [1.29, 1.82) is 0 Å². The first-order valence-electron chi connectivity index (χ1n) is 8.63. The van der Waals surface area contributed by atoms with Crippen molar-refractivity contribution in [3.8, 4) is 0 Å². The van der Waals surface area contributed by atoms with Gasteiger partial charge < -0.3 is 5.32 Å². The number of fused-ring (bicyclic) bond motifs is 1. The predicted molar refractivity (Wildman–Crippen MR) is 88.5 cm³/mol. The van der Waals surface area contributed by atoms with Crippen molar-refractivity contribution in [2.45, 2.75) is 83.7 Å². The maximum Gasteiger partial charge on any atom is 0.0388 e. The summed E-state index contributed by atoms with van der Waals surface area (Å²) < 4.78 is 0. The normalized spacial score (nSPS) is 28.1. The molecule has 0 bridgehead atoms. The third kappa shape index (κ3) is 3.28. The molecule has 3 atom stereocenters. The van der Waals surface area contributed by atoms with Crippen molar-refractivity contribution >= 4 is 11.3 Å². The lowest BCUT2D eigenvalue weighted by Crippen LogP contribution is -2.35. The van der Waals surface area contributed by atoms with Gasteiger partial charge in [0, 0.05) is 21.8 Å². The standard InChI is InChI=1S/C18H29NS/c1-3-14-7-6-9-16(11-14)19-13(2)18-12-15-8-4-5-10-17(15)20-18/h12-14,16,19H,3-11H2,1-2H3. The van der Waals surface area contributed by atoms with Crippen LogP contribution in [0.25, 0.3) is 0 Å². The second-order valence-electron chi connectivity index (χ2n) is 6.83. The van der Waals surface area contributed by atoms with E-state index in [-0.39, 0.29) is 0 Å². The Balaban J connectivity index is 1.61. The highest BCUT2D eigenvalue weighted by Crippen LogP contribution is 2.34. The molecule has 0 aliphatic heterocycles. The zero-order chi connectivity index (χ0) is 13.9. The highest BCUT2D eigenvalue weighted by Gasteiger charge is 2.23. The van der Waals surface area contributed by atoms with E-state index < -0.39 is 0 Å². The van der Waals surface area contributed by atoms with Crippen LogP contribution in [0.3, 0.4) is 0 Å². The van der Waals surface area contributed by atoms with Gasteiger partial charge in [-0.1, -0.05) is 26.2 Å². The molecule has 3 rings (SSSR count). The van der Waals surface area contributed by atoms with Gasteiger partial charge in [-0.25, -0.2) is 0 Å². The van der Waals surface area contributed by atoms with Crippen molar-refractivity contribution in [3.63, 3.8) is 0 Å². The SMILES string of the molecule is CCC1CCCC(NC(C)c2cc3c(s2)CCCC3)C1. The Bertz CT molecular complexity index is 413. The first kappa shape index (κ1) is 14.6. The summed E-state index contributed by atoms with van der Waals surface area (Å²) in [6.45, 7) is 4.72. The van der Waals surface area contributed by atoms with Crippen molar-refractivity contribution in [3.05, 3.63) is 21.4 Å². The van der Waals surface area contributed by atoms with E-state index >= 15 is 0 Å². The van der Waals surface area contributed by atoms with Crippen molar-refractivity contribution in [2.24, 2.45) is 5.92 Å². The van der Waals surface area contributed by atoms with E-state index in [1.54, 1.807) is 15.3 Å². The van der Waals surface area contributed by atoms with Gasteiger partial charge in [0.25, 0.3) is 0 Å². The van der Waals surface area contributed by atoms with Gasteiger partial charge in [0.2, 0.25) is 0 Å². The molecular weight excluding hydrogens is 262 g/mol. The molecule has 1 heterocycles. The second-order valence-corrected chi connectivity index (χ2v) is 8.00. The zero-order valence-electron chi connectivity index (χ0n) is 13.1. The molecule has 0 amide bonds. The average molecular weight is 292 g/mol. The van der Waals surface area contributed by atoms with Crippen LogP contribution in [-0.4, -0.2) is 6.04 Å². The summed E-state index contributed by atoms with van der Waals surface area (Å²) in [6.07, 6.45) is 12.5. The van der Waals surface area contributed by atoms with Gasteiger partial charge in [0.1, 0.15) is 0 Å². The molecule has 0 saturated heterocycles. The monoisotopic (exact) mass is 291 g/mol. The molecule has 0 spiro atoms. The quantitative estimate of drug-likeness (QED) is 0.799. The summed E-state index contributed by atoms with van der Waals surface area (Å²) in [6, 6.07) is 3.80. The first-order chi connectivity index (χ1) is 9.76. The van der Waals surface area contributed by atoms with Crippen molar-refractivity contribution in [1.82, 2.24) is 5.32 Å². The lowest BCUT2D eigenvalue weighted by molar-refractivity contribution is 0.266. The summed E-state index contributed by atoms with van der Waals surface area (Å²) >= 11 is 2.08. The summed E-state index contributed by atoms with van der Waals surface area (Å²) in [5.74, 6) is 0.963.